The van der Waals surface area contributed by atoms with Crippen molar-refractivity contribution in [2.24, 2.45) is 5.92 Å². The van der Waals surface area contributed by atoms with Gasteiger partial charge in [0.2, 0.25) is 0 Å². The van der Waals surface area contributed by atoms with Crippen LogP contribution in [0.5, 0.6) is 0 Å². The van der Waals surface area contributed by atoms with Gasteiger partial charge in [0.15, 0.2) is 5.78 Å². The molecule has 0 N–H and O–H groups in total. The molecule has 0 radical (unpaired) electrons. The first-order valence-corrected chi connectivity index (χ1v) is 9.09. The predicted octanol–water partition coefficient (Wildman–Crippen LogP) is 4.23. The summed E-state index contributed by atoms with van der Waals surface area (Å²) in [6, 6.07) is 16.4. The lowest BCUT2D eigenvalue weighted by Crippen LogP contribution is -2.47. The molecule has 1 fully saturated rings. The van der Waals surface area contributed by atoms with Gasteiger partial charge in [0.05, 0.1) is 11.5 Å². The van der Waals surface area contributed by atoms with E-state index >= 15 is 0 Å². The molecule has 2 unspecified atom stereocenters. The number of hydrogen-bond acceptors (Lipinski definition) is 4. The van der Waals surface area contributed by atoms with Gasteiger partial charge in [-0.2, -0.15) is 0 Å². The van der Waals surface area contributed by atoms with Crippen LogP contribution < -0.4 is 0 Å². The van der Waals surface area contributed by atoms with Crippen LogP contribution >= 0.6 is 28.3 Å². The quantitative estimate of drug-likeness (QED) is 0.529. The van der Waals surface area contributed by atoms with Crippen LogP contribution in [0.3, 0.4) is 0 Å². The molecule has 2 atom stereocenters. The Bertz CT molecular complexity index is 769. The molecule has 1 aliphatic rings. The van der Waals surface area contributed by atoms with E-state index in [0.717, 1.165) is 6.54 Å². The van der Waals surface area contributed by atoms with Gasteiger partial charge in [0, 0.05) is 16.6 Å². The van der Waals surface area contributed by atoms with E-state index in [4.69, 9.17) is 4.74 Å². The van der Waals surface area contributed by atoms with Crippen LogP contribution in [0.4, 0.5) is 0 Å². The van der Waals surface area contributed by atoms with Crippen LogP contribution in [0.1, 0.15) is 27.1 Å². The van der Waals surface area contributed by atoms with Crippen LogP contribution in [0.2, 0.25) is 0 Å². The van der Waals surface area contributed by atoms with E-state index in [9.17, 15) is 9.59 Å². The van der Waals surface area contributed by atoms with E-state index in [1.807, 2.05) is 43.4 Å². The van der Waals surface area contributed by atoms with Gasteiger partial charge in [-0.3, -0.25) is 4.79 Å². The van der Waals surface area contributed by atoms with Gasteiger partial charge in [0.25, 0.3) is 0 Å². The second-order valence-corrected chi connectivity index (χ2v) is 7.17. The number of carbonyl (C=O) groups is 2. The third kappa shape index (κ3) is 4.72. The highest BCUT2D eigenvalue weighted by Crippen LogP contribution is 2.26. The molecule has 6 heteroatoms. The number of likely N-dealkylation sites (tertiary alicyclic amines) is 1. The maximum absolute atomic E-state index is 12.9. The second-order valence-electron chi connectivity index (χ2n) is 6.31. The molecule has 2 aromatic rings. The van der Waals surface area contributed by atoms with E-state index in [1.54, 1.807) is 18.2 Å². The Morgan fingerprint density at radius 1 is 1.08 bits per heavy atom. The van der Waals surface area contributed by atoms with E-state index in [2.05, 4.69) is 20.8 Å². The SMILES string of the molecule is CN1CCC(C(=O)c2ccccc2)C(OC(=O)c2ccccc2Br)C1.Cl. The van der Waals surface area contributed by atoms with Gasteiger partial charge in [0.1, 0.15) is 6.10 Å². The van der Waals surface area contributed by atoms with Gasteiger partial charge in [-0.25, -0.2) is 4.79 Å². The highest BCUT2D eigenvalue weighted by Gasteiger charge is 2.36. The molecular weight excluding hydrogens is 418 g/mol. The lowest BCUT2D eigenvalue weighted by molar-refractivity contribution is -0.00858. The Hall–Kier alpha value is -1.69. The molecule has 1 saturated heterocycles. The molecule has 1 aliphatic heterocycles. The summed E-state index contributed by atoms with van der Waals surface area (Å²) < 4.78 is 6.44. The maximum atomic E-state index is 12.9. The first kappa shape index (κ1) is 20.6. The second kappa shape index (κ2) is 9.31. The Kier molecular flexibility index (Phi) is 7.38. The molecule has 0 spiro atoms. The van der Waals surface area contributed by atoms with Crippen LogP contribution in [-0.2, 0) is 4.74 Å². The summed E-state index contributed by atoms with van der Waals surface area (Å²) >= 11 is 3.38. The zero-order valence-corrected chi connectivity index (χ0v) is 16.8. The first-order chi connectivity index (χ1) is 12.1. The Morgan fingerprint density at radius 3 is 2.42 bits per heavy atom. The van der Waals surface area contributed by atoms with E-state index in [1.165, 1.54) is 0 Å². The molecule has 0 saturated carbocycles. The molecule has 0 bridgehead atoms. The van der Waals surface area contributed by atoms with Crippen LogP contribution in [0.15, 0.2) is 59.1 Å². The molecule has 0 aromatic heterocycles. The van der Waals surface area contributed by atoms with Gasteiger partial charge in [-0.05, 0) is 48.1 Å². The number of ketones is 1. The monoisotopic (exact) mass is 437 g/mol. The van der Waals surface area contributed by atoms with Crippen molar-refractivity contribution in [1.82, 2.24) is 4.90 Å². The van der Waals surface area contributed by atoms with Crippen molar-refractivity contribution >= 4 is 40.1 Å². The number of nitrogens with zero attached hydrogens (tertiary/aromatic N) is 1. The number of esters is 1. The van der Waals surface area contributed by atoms with Crippen molar-refractivity contribution in [3.05, 3.63) is 70.2 Å². The van der Waals surface area contributed by atoms with E-state index in [0.29, 0.717) is 28.6 Å². The van der Waals surface area contributed by atoms with Gasteiger partial charge >= 0.3 is 5.97 Å². The maximum Gasteiger partial charge on any atom is 0.339 e. The summed E-state index contributed by atoms with van der Waals surface area (Å²) in [6.45, 7) is 1.37. The minimum absolute atomic E-state index is 0. The van der Waals surface area contributed by atoms with Crippen molar-refractivity contribution in [1.29, 1.82) is 0 Å². The number of benzene rings is 2. The predicted molar refractivity (Wildman–Crippen MR) is 107 cm³/mol. The minimum Gasteiger partial charge on any atom is -0.457 e. The molecule has 2 aromatic carbocycles. The number of halogens is 2. The number of rotatable bonds is 4. The fraction of sp³-hybridized carbons (Fsp3) is 0.300. The summed E-state index contributed by atoms with van der Waals surface area (Å²) in [6.07, 6.45) is 0.226. The summed E-state index contributed by atoms with van der Waals surface area (Å²) in [5.74, 6) is -0.678. The molecule has 26 heavy (non-hydrogen) atoms. The zero-order chi connectivity index (χ0) is 17.8. The lowest BCUT2D eigenvalue weighted by Gasteiger charge is -2.35. The number of ether oxygens (including phenoxy) is 1. The summed E-state index contributed by atoms with van der Waals surface area (Å²) in [5.41, 5.74) is 1.14. The Morgan fingerprint density at radius 2 is 1.73 bits per heavy atom. The number of likely N-dealkylation sites (N-methyl/N-ethyl adjacent to an activating group) is 1. The van der Waals surface area contributed by atoms with Gasteiger partial charge in [-0.1, -0.05) is 42.5 Å². The van der Waals surface area contributed by atoms with E-state index < -0.39 is 12.1 Å². The summed E-state index contributed by atoms with van der Waals surface area (Å²) in [5, 5.41) is 0. The van der Waals surface area contributed by atoms with E-state index in [-0.39, 0.29) is 24.1 Å². The van der Waals surface area contributed by atoms with Crippen molar-refractivity contribution in [2.45, 2.75) is 12.5 Å². The fourth-order valence-electron chi connectivity index (χ4n) is 3.13. The summed E-state index contributed by atoms with van der Waals surface area (Å²) in [4.78, 5) is 27.5. The van der Waals surface area contributed by atoms with Gasteiger partial charge in [-0.15, -0.1) is 12.4 Å². The van der Waals surface area contributed by atoms with Crippen molar-refractivity contribution in [3.8, 4) is 0 Å². The number of hydrogen-bond donors (Lipinski definition) is 0. The summed E-state index contributed by atoms with van der Waals surface area (Å²) in [7, 11) is 1.97. The third-order valence-electron chi connectivity index (χ3n) is 4.51. The number of Topliss-reactive ketones (excluding diaryl/α,β-unsaturated/α-hetero) is 1. The lowest BCUT2D eigenvalue weighted by atomic mass is 9.86. The molecule has 0 aliphatic carbocycles. The Labute approximate surface area is 168 Å². The molecule has 1 heterocycles. The third-order valence-corrected chi connectivity index (χ3v) is 5.20. The highest BCUT2D eigenvalue weighted by atomic mass is 79.9. The van der Waals surface area contributed by atoms with Crippen LogP contribution in [0, 0.1) is 5.92 Å². The molecule has 4 nitrogen and oxygen atoms in total. The fourth-order valence-corrected chi connectivity index (χ4v) is 3.58. The van der Waals surface area contributed by atoms with Crippen LogP contribution in [0.25, 0.3) is 0 Å². The average molecular weight is 439 g/mol. The zero-order valence-electron chi connectivity index (χ0n) is 14.4. The minimum atomic E-state index is -0.453. The van der Waals surface area contributed by atoms with Crippen LogP contribution in [-0.4, -0.2) is 42.9 Å². The molecular formula is C20H21BrClNO3. The molecule has 0 amide bonds. The highest BCUT2D eigenvalue weighted by molar-refractivity contribution is 9.10. The van der Waals surface area contributed by atoms with Crippen molar-refractivity contribution in [3.63, 3.8) is 0 Å². The molecule has 138 valence electrons. The number of piperidine rings is 1. The first-order valence-electron chi connectivity index (χ1n) is 8.29. The normalized spacial score (nSPS) is 20.1. The Balaban J connectivity index is 0.00000243. The topological polar surface area (TPSA) is 46.6 Å². The smallest absolute Gasteiger partial charge is 0.339 e. The average Bonchev–Trinajstić information content (AvgIpc) is 2.62. The number of carbonyl (C=O) groups excluding carboxylic acids is 2. The molecule has 3 rings (SSSR count). The van der Waals surface area contributed by atoms with Crippen molar-refractivity contribution < 1.29 is 14.3 Å². The standard InChI is InChI=1S/C20H20BrNO3.ClH/c1-22-12-11-16(19(23)14-7-3-2-4-8-14)18(13-22)25-20(24)15-9-5-6-10-17(15)21;/h2-10,16,18H,11-13H2,1H3;1H. The van der Waals surface area contributed by atoms with Crippen molar-refractivity contribution in [2.75, 3.05) is 20.1 Å². The largest absolute Gasteiger partial charge is 0.457 e. The van der Waals surface area contributed by atoms with Gasteiger partial charge < -0.3 is 9.64 Å².